The van der Waals surface area contributed by atoms with Gasteiger partial charge in [0.1, 0.15) is 0 Å². The summed E-state index contributed by atoms with van der Waals surface area (Å²) < 4.78 is 0. The van der Waals surface area contributed by atoms with Crippen LogP contribution in [-0.2, 0) is 12.8 Å². The maximum absolute atomic E-state index is 8.78. The first-order valence-corrected chi connectivity index (χ1v) is 5.85. The van der Waals surface area contributed by atoms with Crippen molar-refractivity contribution in [1.82, 2.24) is 0 Å². The van der Waals surface area contributed by atoms with Crippen LogP contribution >= 0.6 is 11.6 Å². The fraction of sp³-hybridized carbons (Fsp3) is 0.133. The second-order valence-electron chi connectivity index (χ2n) is 3.91. The number of hydrogen-bond donors (Lipinski definition) is 0. The zero-order chi connectivity index (χ0) is 12.1. The molecule has 2 aromatic rings. The minimum Gasteiger partial charge on any atom is -0.198 e. The number of rotatable bonds is 3. The van der Waals surface area contributed by atoms with Gasteiger partial charge in [-0.05, 0) is 35.2 Å². The lowest BCUT2D eigenvalue weighted by molar-refractivity contribution is 1.12. The van der Waals surface area contributed by atoms with Crippen LogP contribution in [-0.4, -0.2) is 0 Å². The zero-order valence-corrected chi connectivity index (χ0v) is 10.1. The standard InChI is InChI=1S/C15H12ClN/c16-15-7-5-12(6-8-15)11-14-4-2-1-3-13(14)9-10-17/h1-8H,9,11H2. The minimum absolute atomic E-state index is 0.462. The first-order valence-electron chi connectivity index (χ1n) is 5.48. The quantitative estimate of drug-likeness (QED) is 0.797. The second kappa shape index (κ2) is 5.52. The van der Waals surface area contributed by atoms with Gasteiger partial charge in [-0.2, -0.15) is 5.26 Å². The van der Waals surface area contributed by atoms with Gasteiger partial charge in [0, 0.05) is 5.02 Å². The molecular formula is C15H12ClN. The van der Waals surface area contributed by atoms with E-state index in [1.807, 2.05) is 42.5 Å². The largest absolute Gasteiger partial charge is 0.198 e. The van der Waals surface area contributed by atoms with Gasteiger partial charge < -0.3 is 0 Å². The molecule has 0 fully saturated rings. The van der Waals surface area contributed by atoms with Crippen molar-refractivity contribution in [2.24, 2.45) is 0 Å². The number of halogens is 1. The van der Waals surface area contributed by atoms with E-state index in [9.17, 15) is 0 Å². The highest BCUT2D eigenvalue weighted by Crippen LogP contribution is 2.16. The van der Waals surface area contributed by atoms with Crippen molar-refractivity contribution < 1.29 is 0 Å². The normalized spacial score (nSPS) is 9.88. The summed E-state index contributed by atoms with van der Waals surface area (Å²) in [5, 5.41) is 9.53. The van der Waals surface area contributed by atoms with E-state index < -0.39 is 0 Å². The molecule has 0 atom stereocenters. The Morgan fingerprint density at radius 2 is 1.59 bits per heavy atom. The lowest BCUT2D eigenvalue weighted by Gasteiger charge is -2.06. The summed E-state index contributed by atoms with van der Waals surface area (Å²) in [6.45, 7) is 0. The fourth-order valence-corrected chi connectivity index (χ4v) is 1.94. The second-order valence-corrected chi connectivity index (χ2v) is 4.34. The molecule has 0 aliphatic heterocycles. The Morgan fingerprint density at radius 3 is 2.24 bits per heavy atom. The minimum atomic E-state index is 0.462. The van der Waals surface area contributed by atoms with E-state index in [-0.39, 0.29) is 0 Å². The smallest absolute Gasteiger partial charge is 0.0669 e. The molecule has 2 heteroatoms. The molecule has 84 valence electrons. The van der Waals surface area contributed by atoms with E-state index in [1.165, 1.54) is 11.1 Å². The summed E-state index contributed by atoms with van der Waals surface area (Å²) in [5.74, 6) is 0. The summed E-state index contributed by atoms with van der Waals surface area (Å²) in [6, 6.07) is 18.1. The van der Waals surface area contributed by atoms with Crippen LogP contribution in [0, 0.1) is 11.3 Å². The molecule has 0 amide bonds. The molecule has 0 saturated carbocycles. The summed E-state index contributed by atoms with van der Waals surface area (Å²) in [7, 11) is 0. The third kappa shape index (κ3) is 3.09. The summed E-state index contributed by atoms with van der Waals surface area (Å²) in [4.78, 5) is 0. The Morgan fingerprint density at radius 1 is 0.941 bits per heavy atom. The summed E-state index contributed by atoms with van der Waals surface area (Å²) in [5.41, 5.74) is 3.51. The molecule has 0 aliphatic carbocycles. The van der Waals surface area contributed by atoms with Crippen LogP contribution in [0.15, 0.2) is 48.5 Å². The SMILES string of the molecule is N#CCc1ccccc1Cc1ccc(Cl)cc1. The molecule has 0 saturated heterocycles. The van der Waals surface area contributed by atoms with Crippen molar-refractivity contribution >= 4 is 11.6 Å². The molecule has 0 spiro atoms. The molecular weight excluding hydrogens is 230 g/mol. The molecule has 0 unspecified atom stereocenters. The molecule has 1 nitrogen and oxygen atoms in total. The van der Waals surface area contributed by atoms with Crippen molar-refractivity contribution in [1.29, 1.82) is 5.26 Å². The van der Waals surface area contributed by atoms with Gasteiger partial charge in [-0.15, -0.1) is 0 Å². The molecule has 17 heavy (non-hydrogen) atoms. The van der Waals surface area contributed by atoms with Crippen LogP contribution in [0.5, 0.6) is 0 Å². The van der Waals surface area contributed by atoms with E-state index in [0.717, 1.165) is 17.0 Å². The third-order valence-corrected chi connectivity index (χ3v) is 2.95. The molecule has 0 aromatic heterocycles. The predicted octanol–water partition coefficient (Wildman–Crippen LogP) is 4.00. The van der Waals surface area contributed by atoms with E-state index in [4.69, 9.17) is 16.9 Å². The molecule has 0 heterocycles. The van der Waals surface area contributed by atoms with Crippen LogP contribution in [0.2, 0.25) is 5.02 Å². The predicted molar refractivity (Wildman–Crippen MR) is 70.0 cm³/mol. The monoisotopic (exact) mass is 241 g/mol. The Labute approximate surface area is 106 Å². The average molecular weight is 242 g/mol. The first-order chi connectivity index (χ1) is 8.29. The summed E-state index contributed by atoms with van der Waals surface area (Å²) >= 11 is 5.85. The molecule has 0 aliphatic rings. The van der Waals surface area contributed by atoms with Gasteiger partial charge >= 0.3 is 0 Å². The van der Waals surface area contributed by atoms with Gasteiger partial charge in [0.15, 0.2) is 0 Å². The number of benzene rings is 2. The fourth-order valence-electron chi connectivity index (χ4n) is 1.81. The van der Waals surface area contributed by atoms with E-state index >= 15 is 0 Å². The van der Waals surface area contributed by atoms with Crippen molar-refractivity contribution in [3.8, 4) is 6.07 Å². The molecule has 0 bridgehead atoms. The average Bonchev–Trinajstić information content (AvgIpc) is 2.35. The van der Waals surface area contributed by atoms with Gasteiger partial charge in [0.05, 0.1) is 12.5 Å². The maximum Gasteiger partial charge on any atom is 0.0669 e. The Bertz CT molecular complexity index is 538. The van der Waals surface area contributed by atoms with Crippen LogP contribution < -0.4 is 0 Å². The Hall–Kier alpha value is -1.78. The summed E-state index contributed by atoms with van der Waals surface area (Å²) in [6.07, 6.45) is 1.30. The van der Waals surface area contributed by atoms with Crippen LogP contribution in [0.1, 0.15) is 16.7 Å². The lowest BCUT2D eigenvalue weighted by Crippen LogP contribution is -1.94. The first kappa shape index (κ1) is 11.7. The van der Waals surface area contributed by atoms with E-state index in [1.54, 1.807) is 0 Å². The number of nitriles is 1. The van der Waals surface area contributed by atoms with Crippen molar-refractivity contribution in [2.45, 2.75) is 12.8 Å². The van der Waals surface area contributed by atoms with Crippen LogP contribution in [0.25, 0.3) is 0 Å². The van der Waals surface area contributed by atoms with Crippen molar-refractivity contribution in [3.05, 3.63) is 70.2 Å². The zero-order valence-electron chi connectivity index (χ0n) is 9.36. The van der Waals surface area contributed by atoms with E-state index in [0.29, 0.717) is 6.42 Å². The number of nitrogens with zero attached hydrogens (tertiary/aromatic N) is 1. The lowest BCUT2D eigenvalue weighted by atomic mass is 9.98. The van der Waals surface area contributed by atoms with Gasteiger partial charge in [-0.1, -0.05) is 48.0 Å². The van der Waals surface area contributed by atoms with Crippen molar-refractivity contribution in [3.63, 3.8) is 0 Å². The molecule has 0 radical (unpaired) electrons. The highest BCUT2D eigenvalue weighted by Gasteiger charge is 2.02. The van der Waals surface area contributed by atoms with Crippen LogP contribution in [0.4, 0.5) is 0 Å². The number of hydrogen-bond acceptors (Lipinski definition) is 1. The maximum atomic E-state index is 8.78. The van der Waals surface area contributed by atoms with Gasteiger partial charge in [-0.3, -0.25) is 0 Å². The Balaban J connectivity index is 2.24. The highest BCUT2D eigenvalue weighted by molar-refractivity contribution is 6.30. The molecule has 2 rings (SSSR count). The van der Waals surface area contributed by atoms with Crippen molar-refractivity contribution in [2.75, 3.05) is 0 Å². The third-order valence-electron chi connectivity index (χ3n) is 2.70. The highest BCUT2D eigenvalue weighted by atomic mass is 35.5. The topological polar surface area (TPSA) is 23.8 Å². The van der Waals surface area contributed by atoms with Gasteiger partial charge in [-0.25, -0.2) is 0 Å². The molecule has 2 aromatic carbocycles. The van der Waals surface area contributed by atoms with Crippen LogP contribution in [0.3, 0.4) is 0 Å². The van der Waals surface area contributed by atoms with Gasteiger partial charge in [0.25, 0.3) is 0 Å². The Kier molecular flexibility index (Phi) is 3.80. The van der Waals surface area contributed by atoms with E-state index in [2.05, 4.69) is 12.1 Å². The molecule has 0 N–H and O–H groups in total. The van der Waals surface area contributed by atoms with Gasteiger partial charge in [0.2, 0.25) is 0 Å².